The van der Waals surface area contributed by atoms with Gasteiger partial charge in [0.1, 0.15) is 6.33 Å². The average molecular weight is 350 g/mol. The molecule has 1 saturated carbocycles. The maximum absolute atomic E-state index is 12.7. The molecule has 0 radical (unpaired) electrons. The number of rotatable bonds is 4. The lowest BCUT2D eigenvalue weighted by atomic mass is 9.67. The van der Waals surface area contributed by atoms with E-state index in [2.05, 4.69) is 20.8 Å². The molecule has 1 aromatic heterocycles. The fourth-order valence-corrected chi connectivity index (χ4v) is 3.71. The van der Waals surface area contributed by atoms with Gasteiger partial charge in [0.15, 0.2) is 5.82 Å². The number of amides is 1. The average Bonchev–Trinajstić information content (AvgIpc) is 3.11. The number of halogens is 2. The zero-order chi connectivity index (χ0) is 14.0. The number of hydrogen-bond acceptors (Lipinski definition) is 4. The topological polar surface area (TPSA) is 71.8 Å². The quantitative estimate of drug-likeness (QED) is 0.864. The third-order valence-corrected chi connectivity index (χ3v) is 4.93. The number of hydrogen-bond donors (Lipinski definition) is 2. The van der Waals surface area contributed by atoms with Crippen LogP contribution in [0, 0.1) is 11.3 Å². The van der Waals surface area contributed by atoms with Gasteiger partial charge in [0.2, 0.25) is 5.91 Å². The molecule has 1 saturated heterocycles. The van der Waals surface area contributed by atoms with E-state index in [1.807, 2.05) is 11.5 Å². The number of aryl methyl sites for hydroxylation is 1. The van der Waals surface area contributed by atoms with Crippen molar-refractivity contribution in [2.45, 2.75) is 45.7 Å². The first-order valence-electron chi connectivity index (χ1n) is 7.62. The van der Waals surface area contributed by atoms with E-state index in [0.29, 0.717) is 12.5 Å². The molecule has 1 aromatic rings. The Morgan fingerprint density at radius 3 is 3.09 bits per heavy atom. The predicted molar refractivity (Wildman–Crippen MR) is 89.3 cm³/mol. The second kappa shape index (κ2) is 8.13. The Bertz CT molecular complexity index is 495. The summed E-state index contributed by atoms with van der Waals surface area (Å²) in [4.78, 5) is 12.7. The van der Waals surface area contributed by atoms with Crippen molar-refractivity contribution < 1.29 is 4.79 Å². The molecule has 3 rings (SSSR count). The lowest BCUT2D eigenvalue weighted by molar-refractivity contribution is -0.134. The molecule has 2 fully saturated rings. The van der Waals surface area contributed by atoms with Crippen molar-refractivity contribution in [2.75, 3.05) is 13.1 Å². The third kappa shape index (κ3) is 3.39. The van der Waals surface area contributed by atoms with Crippen LogP contribution >= 0.6 is 24.8 Å². The summed E-state index contributed by atoms with van der Waals surface area (Å²) in [5, 5.41) is 14.5. The molecule has 0 bridgehead atoms. The molecular formula is C14H25Cl2N5O. The Balaban J connectivity index is 0.00000121. The molecule has 2 atom stereocenters. The van der Waals surface area contributed by atoms with E-state index in [4.69, 9.17) is 0 Å². The van der Waals surface area contributed by atoms with E-state index in [9.17, 15) is 4.79 Å². The van der Waals surface area contributed by atoms with Crippen molar-refractivity contribution in [2.24, 2.45) is 11.3 Å². The number of carbonyl (C=O) groups excluding carboxylic acids is 1. The summed E-state index contributed by atoms with van der Waals surface area (Å²) in [7, 11) is 0. The van der Waals surface area contributed by atoms with E-state index in [1.165, 1.54) is 12.8 Å². The van der Waals surface area contributed by atoms with Crippen LogP contribution in [0.25, 0.3) is 0 Å². The Hall–Kier alpha value is -0.850. The SMILES string of the molecule is CCn1cnnc1CNC(=O)[C@@]12CCCC[C@H]1CNC2.Cl.Cl. The van der Waals surface area contributed by atoms with Gasteiger partial charge in [0, 0.05) is 13.1 Å². The van der Waals surface area contributed by atoms with Gasteiger partial charge < -0.3 is 15.2 Å². The van der Waals surface area contributed by atoms with Crippen LogP contribution < -0.4 is 10.6 Å². The van der Waals surface area contributed by atoms with Crippen LogP contribution in [-0.4, -0.2) is 33.8 Å². The van der Waals surface area contributed by atoms with Crippen LogP contribution in [0.5, 0.6) is 0 Å². The van der Waals surface area contributed by atoms with E-state index < -0.39 is 0 Å². The molecule has 1 amide bonds. The van der Waals surface area contributed by atoms with Gasteiger partial charge in [-0.25, -0.2) is 0 Å². The molecule has 22 heavy (non-hydrogen) atoms. The molecule has 2 aliphatic rings. The van der Waals surface area contributed by atoms with Crippen LogP contribution in [0.1, 0.15) is 38.4 Å². The first-order valence-corrected chi connectivity index (χ1v) is 7.62. The van der Waals surface area contributed by atoms with E-state index in [1.54, 1.807) is 6.33 Å². The number of aromatic nitrogens is 3. The summed E-state index contributed by atoms with van der Waals surface area (Å²) >= 11 is 0. The van der Waals surface area contributed by atoms with E-state index in [-0.39, 0.29) is 36.1 Å². The van der Waals surface area contributed by atoms with Crippen molar-refractivity contribution >= 4 is 30.7 Å². The van der Waals surface area contributed by atoms with Gasteiger partial charge in [-0.2, -0.15) is 0 Å². The van der Waals surface area contributed by atoms with Gasteiger partial charge in [0.25, 0.3) is 0 Å². The minimum atomic E-state index is -0.185. The van der Waals surface area contributed by atoms with Crippen LogP contribution in [-0.2, 0) is 17.9 Å². The highest BCUT2D eigenvalue weighted by Gasteiger charge is 2.49. The van der Waals surface area contributed by atoms with E-state index >= 15 is 0 Å². The number of nitrogens with zero attached hydrogens (tertiary/aromatic N) is 3. The van der Waals surface area contributed by atoms with Crippen molar-refractivity contribution in [3.63, 3.8) is 0 Å². The predicted octanol–water partition coefficient (Wildman–Crippen LogP) is 1.54. The zero-order valence-corrected chi connectivity index (χ0v) is 14.5. The van der Waals surface area contributed by atoms with Crippen LogP contribution in [0.3, 0.4) is 0 Å². The van der Waals surface area contributed by atoms with Gasteiger partial charge in [-0.1, -0.05) is 12.8 Å². The summed E-state index contributed by atoms with van der Waals surface area (Å²) in [6, 6.07) is 0. The summed E-state index contributed by atoms with van der Waals surface area (Å²) < 4.78 is 1.96. The van der Waals surface area contributed by atoms with Gasteiger partial charge in [-0.15, -0.1) is 35.0 Å². The minimum Gasteiger partial charge on any atom is -0.348 e. The molecular weight excluding hydrogens is 325 g/mol. The first kappa shape index (κ1) is 19.2. The third-order valence-electron chi connectivity index (χ3n) is 4.93. The minimum absolute atomic E-state index is 0. The molecule has 0 spiro atoms. The number of nitrogens with one attached hydrogen (secondary N) is 2. The normalized spacial score (nSPS) is 26.5. The lowest BCUT2D eigenvalue weighted by Crippen LogP contribution is -2.47. The highest BCUT2D eigenvalue weighted by atomic mass is 35.5. The monoisotopic (exact) mass is 349 g/mol. The van der Waals surface area contributed by atoms with Gasteiger partial charge in [-0.05, 0) is 32.2 Å². The molecule has 126 valence electrons. The highest BCUT2D eigenvalue weighted by Crippen LogP contribution is 2.43. The fraction of sp³-hybridized carbons (Fsp3) is 0.786. The molecule has 1 aliphatic carbocycles. The Morgan fingerprint density at radius 2 is 2.32 bits per heavy atom. The van der Waals surface area contributed by atoms with Gasteiger partial charge in [0.05, 0.1) is 12.0 Å². The fourth-order valence-electron chi connectivity index (χ4n) is 3.71. The largest absolute Gasteiger partial charge is 0.348 e. The summed E-state index contributed by atoms with van der Waals surface area (Å²) in [5.74, 6) is 1.52. The van der Waals surface area contributed by atoms with Crippen LogP contribution in [0.4, 0.5) is 0 Å². The molecule has 2 N–H and O–H groups in total. The zero-order valence-electron chi connectivity index (χ0n) is 12.9. The van der Waals surface area contributed by atoms with Crippen LogP contribution in [0.15, 0.2) is 6.33 Å². The molecule has 0 unspecified atom stereocenters. The molecule has 1 aliphatic heterocycles. The second-order valence-corrected chi connectivity index (χ2v) is 5.95. The molecule has 8 heteroatoms. The van der Waals surface area contributed by atoms with Crippen molar-refractivity contribution in [3.8, 4) is 0 Å². The molecule has 6 nitrogen and oxygen atoms in total. The number of fused-ring (bicyclic) bond motifs is 1. The summed E-state index contributed by atoms with van der Waals surface area (Å²) in [6.45, 7) is 5.16. The Morgan fingerprint density at radius 1 is 1.50 bits per heavy atom. The molecule has 2 heterocycles. The number of carbonyl (C=O) groups is 1. The lowest BCUT2D eigenvalue weighted by Gasteiger charge is -2.37. The van der Waals surface area contributed by atoms with Gasteiger partial charge >= 0.3 is 0 Å². The summed E-state index contributed by atoms with van der Waals surface area (Å²) in [5.41, 5.74) is -0.185. The Labute approximate surface area is 143 Å². The van der Waals surface area contributed by atoms with E-state index in [0.717, 1.165) is 38.3 Å². The van der Waals surface area contributed by atoms with Crippen LogP contribution in [0.2, 0.25) is 0 Å². The summed E-state index contributed by atoms with van der Waals surface area (Å²) in [6.07, 6.45) is 6.31. The van der Waals surface area contributed by atoms with Crippen molar-refractivity contribution in [1.82, 2.24) is 25.4 Å². The maximum Gasteiger partial charge on any atom is 0.228 e. The Kier molecular flexibility index (Phi) is 7.09. The maximum atomic E-state index is 12.7. The van der Waals surface area contributed by atoms with Gasteiger partial charge in [-0.3, -0.25) is 4.79 Å². The van der Waals surface area contributed by atoms with Crippen molar-refractivity contribution in [3.05, 3.63) is 12.2 Å². The highest BCUT2D eigenvalue weighted by molar-refractivity contribution is 5.85. The second-order valence-electron chi connectivity index (χ2n) is 5.95. The standard InChI is InChI=1S/C14H23N5O.2ClH/c1-2-19-10-17-18-12(19)8-16-13(20)14-6-4-3-5-11(14)7-15-9-14;;/h10-11,15H,2-9H2,1H3,(H,16,20);2*1H/t11-,14+;;/m0../s1. The molecule has 0 aromatic carbocycles. The van der Waals surface area contributed by atoms with Crippen molar-refractivity contribution in [1.29, 1.82) is 0 Å². The smallest absolute Gasteiger partial charge is 0.228 e. The first-order chi connectivity index (χ1) is 9.76.